The van der Waals surface area contributed by atoms with Crippen LogP contribution in [-0.4, -0.2) is 28.1 Å². The Morgan fingerprint density at radius 2 is 2.06 bits per heavy atom. The monoisotopic (exact) mass is 467 g/mol. The van der Waals surface area contributed by atoms with E-state index in [1.165, 1.54) is 36.0 Å². The number of benzene rings is 1. The van der Waals surface area contributed by atoms with Crippen LogP contribution in [0.5, 0.6) is 0 Å². The molecule has 1 aromatic carbocycles. The highest BCUT2D eigenvalue weighted by molar-refractivity contribution is 6.17. The van der Waals surface area contributed by atoms with E-state index in [-0.39, 0.29) is 5.91 Å². The summed E-state index contributed by atoms with van der Waals surface area (Å²) in [6.45, 7) is 8.60. The second-order valence-corrected chi connectivity index (χ2v) is 11.6. The van der Waals surface area contributed by atoms with Crippen LogP contribution in [0, 0.1) is 30.1 Å². The SMILES string of the molecule is Cc1ccc2c(c1)CCc1c(C(=O)NCC3CCC4CC3C4(C)C)nn(CCCCCCl)c1-2. The molecule has 1 aromatic heterocycles. The number of fused-ring (bicyclic) bond motifs is 5. The van der Waals surface area contributed by atoms with Crippen LogP contribution in [0.2, 0.25) is 0 Å². The van der Waals surface area contributed by atoms with Crippen molar-refractivity contribution in [3.63, 3.8) is 0 Å². The standard InChI is InChI=1S/C28H38ClN3O/c1-18-7-11-22-19(15-18)9-12-23-25(31-32(26(22)23)14-6-4-5-13-29)27(33)30-17-20-8-10-21-16-24(20)28(21,2)3/h7,11,15,20-21,24H,4-6,8-10,12-14,16-17H2,1-3H3,(H,30,33). The summed E-state index contributed by atoms with van der Waals surface area (Å²) in [5, 5.41) is 8.21. The van der Waals surface area contributed by atoms with Gasteiger partial charge in [-0.1, -0.05) is 44.0 Å². The van der Waals surface area contributed by atoms with Crippen LogP contribution in [0.15, 0.2) is 18.2 Å². The third-order valence-electron chi connectivity index (χ3n) is 8.96. The second-order valence-electron chi connectivity index (χ2n) is 11.2. The lowest BCUT2D eigenvalue weighted by molar-refractivity contribution is -0.103. The maximum Gasteiger partial charge on any atom is 0.272 e. The summed E-state index contributed by atoms with van der Waals surface area (Å²) < 4.78 is 2.10. The van der Waals surface area contributed by atoms with Crippen molar-refractivity contribution in [2.75, 3.05) is 12.4 Å². The lowest BCUT2D eigenvalue weighted by Crippen LogP contribution is -2.54. The van der Waals surface area contributed by atoms with E-state index in [1.807, 2.05) is 0 Å². The van der Waals surface area contributed by atoms with Gasteiger partial charge < -0.3 is 5.32 Å². The Kier molecular flexibility index (Phi) is 6.32. The molecule has 2 bridgehead atoms. The van der Waals surface area contributed by atoms with Gasteiger partial charge in [0.05, 0.1) is 5.69 Å². The third-order valence-corrected chi connectivity index (χ3v) is 9.22. The molecule has 0 radical (unpaired) electrons. The first-order valence-corrected chi connectivity index (χ1v) is 13.5. The lowest BCUT2D eigenvalue weighted by Gasteiger charge is -2.60. The Morgan fingerprint density at radius 1 is 1.21 bits per heavy atom. The maximum atomic E-state index is 13.4. The molecule has 3 saturated carbocycles. The molecule has 3 fully saturated rings. The zero-order valence-corrected chi connectivity index (χ0v) is 21.2. The Labute approximate surface area is 203 Å². The summed E-state index contributed by atoms with van der Waals surface area (Å²) >= 11 is 5.88. The smallest absolute Gasteiger partial charge is 0.272 e. The average molecular weight is 468 g/mol. The predicted octanol–water partition coefficient (Wildman–Crippen LogP) is 6.17. The van der Waals surface area contributed by atoms with Gasteiger partial charge in [-0.3, -0.25) is 9.48 Å². The molecule has 4 aliphatic rings. The summed E-state index contributed by atoms with van der Waals surface area (Å²) in [5.74, 6) is 2.96. The fraction of sp³-hybridized carbons (Fsp3) is 0.643. The van der Waals surface area contributed by atoms with Crippen LogP contribution in [-0.2, 0) is 19.4 Å². The van der Waals surface area contributed by atoms with Crippen LogP contribution in [0.4, 0.5) is 0 Å². The van der Waals surface area contributed by atoms with E-state index in [0.717, 1.165) is 68.3 Å². The zero-order chi connectivity index (χ0) is 23.2. The Hall–Kier alpha value is -1.81. The van der Waals surface area contributed by atoms with Gasteiger partial charge in [-0.2, -0.15) is 5.10 Å². The number of hydrogen-bond acceptors (Lipinski definition) is 2. The molecule has 1 amide bonds. The molecule has 0 spiro atoms. The number of unbranched alkanes of at least 4 members (excludes halogenated alkanes) is 2. The number of hydrogen-bond donors (Lipinski definition) is 1. The van der Waals surface area contributed by atoms with E-state index in [2.05, 4.69) is 49.0 Å². The molecule has 3 unspecified atom stereocenters. The highest BCUT2D eigenvalue weighted by Gasteiger charge is 2.54. The predicted molar refractivity (Wildman–Crippen MR) is 135 cm³/mol. The number of halogens is 1. The molecular weight excluding hydrogens is 430 g/mol. The number of amides is 1. The molecular formula is C28H38ClN3O. The normalized spacial score (nSPS) is 24.5. The van der Waals surface area contributed by atoms with Crippen LogP contribution in [0.3, 0.4) is 0 Å². The van der Waals surface area contributed by atoms with E-state index >= 15 is 0 Å². The highest BCUT2D eigenvalue weighted by Crippen LogP contribution is 2.61. The fourth-order valence-corrected chi connectivity index (χ4v) is 7.04. The van der Waals surface area contributed by atoms with E-state index in [9.17, 15) is 4.79 Å². The minimum atomic E-state index is 0.0144. The Morgan fingerprint density at radius 3 is 2.82 bits per heavy atom. The first-order chi connectivity index (χ1) is 15.9. The number of nitrogens with one attached hydrogen (secondary N) is 1. The summed E-state index contributed by atoms with van der Waals surface area (Å²) in [6, 6.07) is 6.69. The molecule has 4 nitrogen and oxygen atoms in total. The Bertz CT molecular complexity index is 1040. The topological polar surface area (TPSA) is 46.9 Å². The molecule has 3 atom stereocenters. The van der Waals surface area contributed by atoms with Gasteiger partial charge in [-0.15, -0.1) is 11.6 Å². The third kappa shape index (κ3) is 4.13. The second kappa shape index (κ2) is 9.09. The van der Waals surface area contributed by atoms with E-state index in [1.54, 1.807) is 0 Å². The molecule has 5 heteroatoms. The number of carbonyl (C=O) groups is 1. The summed E-state index contributed by atoms with van der Waals surface area (Å²) in [6.07, 6.45) is 8.90. The molecule has 6 rings (SSSR count). The van der Waals surface area contributed by atoms with Gasteiger partial charge in [0, 0.05) is 30.1 Å². The van der Waals surface area contributed by atoms with E-state index < -0.39 is 0 Å². The van der Waals surface area contributed by atoms with Gasteiger partial charge in [0.15, 0.2) is 5.69 Å². The minimum absolute atomic E-state index is 0.0144. The van der Waals surface area contributed by atoms with Gasteiger partial charge in [-0.05, 0) is 80.6 Å². The lowest BCUT2D eigenvalue weighted by atomic mass is 9.45. The molecule has 33 heavy (non-hydrogen) atoms. The van der Waals surface area contributed by atoms with E-state index in [0.29, 0.717) is 22.9 Å². The van der Waals surface area contributed by atoms with Crippen LogP contribution in [0.1, 0.15) is 79.6 Å². The van der Waals surface area contributed by atoms with Gasteiger partial charge in [-0.25, -0.2) is 0 Å². The average Bonchev–Trinajstić information content (AvgIpc) is 3.19. The summed E-state index contributed by atoms with van der Waals surface area (Å²) in [4.78, 5) is 13.4. The zero-order valence-electron chi connectivity index (χ0n) is 20.4. The first kappa shape index (κ1) is 23.0. The largest absolute Gasteiger partial charge is 0.350 e. The first-order valence-electron chi connectivity index (χ1n) is 12.9. The van der Waals surface area contributed by atoms with Crippen LogP contribution >= 0.6 is 11.6 Å². The van der Waals surface area contributed by atoms with Gasteiger partial charge in [0.2, 0.25) is 0 Å². The number of aryl methyl sites for hydroxylation is 3. The van der Waals surface area contributed by atoms with Crippen molar-refractivity contribution in [1.29, 1.82) is 0 Å². The number of aromatic nitrogens is 2. The number of carbonyl (C=O) groups excluding carboxylic acids is 1. The summed E-state index contributed by atoms with van der Waals surface area (Å²) in [5.41, 5.74) is 7.30. The maximum absolute atomic E-state index is 13.4. The number of rotatable bonds is 8. The molecule has 4 aliphatic carbocycles. The van der Waals surface area contributed by atoms with Crippen molar-refractivity contribution < 1.29 is 4.79 Å². The van der Waals surface area contributed by atoms with Crippen molar-refractivity contribution in [3.8, 4) is 11.3 Å². The van der Waals surface area contributed by atoms with Crippen molar-refractivity contribution in [2.24, 2.45) is 23.2 Å². The summed E-state index contributed by atoms with van der Waals surface area (Å²) in [7, 11) is 0. The van der Waals surface area contributed by atoms with Crippen molar-refractivity contribution in [1.82, 2.24) is 15.1 Å². The molecule has 0 saturated heterocycles. The van der Waals surface area contributed by atoms with Crippen LogP contribution < -0.4 is 5.32 Å². The highest BCUT2D eigenvalue weighted by atomic mass is 35.5. The van der Waals surface area contributed by atoms with Crippen molar-refractivity contribution in [2.45, 2.75) is 78.7 Å². The van der Waals surface area contributed by atoms with Gasteiger partial charge in [0.1, 0.15) is 0 Å². The van der Waals surface area contributed by atoms with Crippen molar-refractivity contribution >= 4 is 17.5 Å². The molecule has 1 heterocycles. The minimum Gasteiger partial charge on any atom is -0.350 e. The van der Waals surface area contributed by atoms with E-state index in [4.69, 9.17) is 16.7 Å². The quantitative estimate of drug-likeness (QED) is 0.372. The number of alkyl halides is 1. The van der Waals surface area contributed by atoms with Gasteiger partial charge >= 0.3 is 0 Å². The van der Waals surface area contributed by atoms with Gasteiger partial charge in [0.25, 0.3) is 5.91 Å². The fourth-order valence-electron chi connectivity index (χ4n) is 6.85. The van der Waals surface area contributed by atoms with Crippen molar-refractivity contribution in [3.05, 3.63) is 40.6 Å². The molecule has 2 aromatic rings. The Balaban J connectivity index is 1.37. The molecule has 0 aliphatic heterocycles. The van der Waals surface area contributed by atoms with Crippen LogP contribution in [0.25, 0.3) is 11.3 Å². The number of nitrogens with zero attached hydrogens (tertiary/aromatic N) is 2. The molecule has 1 N–H and O–H groups in total. The molecule has 178 valence electrons.